The van der Waals surface area contributed by atoms with Crippen LogP contribution in [0.15, 0.2) is 53.0 Å². The summed E-state index contributed by atoms with van der Waals surface area (Å²) in [4.78, 5) is 16.3. The predicted molar refractivity (Wildman–Crippen MR) is 106 cm³/mol. The molecule has 9 heteroatoms. The van der Waals surface area contributed by atoms with Gasteiger partial charge in [-0.3, -0.25) is 4.99 Å². The first-order valence-corrected chi connectivity index (χ1v) is 8.94. The molecule has 0 amide bonds. The van der Waals surface area contributed by atoms with E-state index in [4.69, 9.17) is 4.74 Å². The normalized spacial score (nSPS) is 12.3. The summed E-state index contributed by atoms with van der Waals surface area (Å²) in [5.74, 6) is -10.6. The van der Waals surface area contributed by atoms with E-state index < -0.39 is 46.1 Å². The van der Waals surface area contributed by atoms with E-state index in [2.05, 4.69) is 4.99 Å². The monoisotopic (exact) mass is 433 g/mol. The number of benzene rings is 3. The van der Waals surface area contributed by atoms with Crippen LogP contribution in [0.2, 0.25) is 0 Å². The smallest absolute Gasteiger partial charge is 0.343 e. The van der Waals surface area contributed by atoms with E-state index in [-0.39, 0.29) is 24.1 Å². The van der Waals surface area contributed by atoms with Gasteiger partial charge in [-0.2, -0.15) is 0 Å². The molecule has 5 nitrogen and oxygen atoms in total. The Morgan fingerprint density at radius 3 is 2.48 bits per heavy atom. The van der Waals surface area contributed by atoms with Crippen molar-refractivity contribution in [2.24, 2.45) is 4.99 Å². The van der Waals surface area contributed by atoms with Crippen LogP contribution in [0.5, 0.6) is 5.75 Å². The molecule has 0 saturated heterocycles. The fraction of sp³-hybridized carbons (Fsp3) is 0.0909. The number of aliphatic imine (C=N–C) groups is 1. The molecule has 0 aliphatic heterocycles. The molecule has 160 valence electrons. The van der Waals surface area contributed by atoms with Crippen molar-refractivity contribution >= 4 is 34.4 Å². The third-order valence-corrected chi connectivity index (χ3v) is 4.31. The van der Waals surface area contributed by atoms with Gasteiger partial charge < -0.3 is 14.9 Å². The Balaban J connectivity index is 2.20. The van der Waals surface area contributed by atoms with Gasteiger partial charge in [0.25, 0.3) is 0 Å². The van der Waals surface area contributed by atoms with Crippen molar-refractivity contribution in [1.29, 1.82) is 0 Å². The van der Waals surface area contributed by atoms with Gasteiger partial charge in [0, 0.05) is 11.6 Å². The van der Waals surface area contributed by atoms with Gasteiger partial charge in [0.15, 0.2) is 23.3 Å². The van der Waals surface area contributed by atoms with Crippen molar-refractivity contribution in [2.45, 2.75) is 6.92 Å². The van der Waals surface area contributed by atoms with Crippen molar-refractivity contribution in [3.63, 3.8) is 0 Å². The van der Waals surface area contributed by atoms with Crippen LogP contribution < -0.4 is 0 Å². The number of halogens is 4. The first-order chi connectivity index (χ1) is 14.8. The summed E-state index contributed by atoms with van der Waals surface area (Å²) in [6, 6.07) is 10.00. The second-order valence-corrected chi connectivity index (χ2v) is 6.24. The minimum atomic E-state index is -2.16. The maximum absolute atomic E-state index is 14.1. The average Bonchev–Trinajstić information content (AvgIpc) is 2.76. The quantitative estimate of drug-likeness (QED) is 0.108. The summed E-state index contributed by atoms with van der Waals surface area (Å²) < 4.78 is 59.3. The van der Waals surface area contributed by atoms with Gasteiger partial charge in [-0.25, -0.2) is 22.4 Å². The van der Waals surface area contributed by atoms with E-state index in [9.17, 15) is 32.6 Å². The molecular weight excluding hydrogens is 418 g/mol. The van der Waals surface area contributed by atoms with E-state index >= 15 is 0 Å². The van der Waals surface area contributed by atoms with Crippen LogP contribution in [0.3, 0.4) is 0 Å². The lowest BCUT2D eigenvalue weighted by Gasteiger charge is -2.10. The van der Waals surface area contributed by atoms with Gasteiger partial charge in [-0.05, 0) is 24.4 Å². The first kappa shape index (κ1) is 21.8. The molecule has 0 spiro atoms. The second kappa shape index (κ2) is 8.86. The molecule has 31 heavy (non-hydrogen) atoms. The largest absolute Gasteiger partial charge is 0.506 e. The van der Waals surface area contributed by atoms with Crippen molar-refractivity contribution in [3.8, 4) is 5.75 Å². The Morgan fingerprint density at radius 2 is 1.77 bits per heavy atom. The van der Waals surface area contributed by atoms with E-state index in [0.29, 0.717) is 10.8 Å². The zero-order chi connectivity index (χ0) is 22.7. The molecule has 0 atom stereocenters. The topological polar surface area (TPSA) is 79.1 Å². The molecule has 2 N–H and O–H groups in total. The van der Waals surface area contributed by atoms with E-state index in [1.54, 1.807) is 30.3 Å². The maximum Gasteiger partial charge on any atom is 0.343 e. The fourth-order valence-electron chi connectivity index (χ4n) is 2.82. The number of fused-ring (bicyclic) bond motifs is 1. The van der Waals surface area contributed by atoms with E-state index in [0.717, 1.165) is 6.21 Å². The summed E-state index contributed by atoms with van der Waals surface area (Å²) in [7, 11) is 0. The molecule has 3 aromatic carbocycles. The molecule has 0 aliphatic rings. The van der Waals surface area contributed by atoms with Gasteiger partial charge >= 0.3 is 5.97 Å². The molecule has 0 radical (unpaired) electrons. The number of aliphatic hydroxyl groups excluding tert-OH is 1. The van der Waals surface area contributed by atoms with E-state index in [1.807, 2.05) is 0 Å². The van der Waals surface area contributed by atoms with Crippen LogP contribution >= 0.6 is 0 Å². The number of nitrogens with zero attached hydrogens (tertiary/aromatic N) is 1. The summed E-state index contributed by atoms with van der Waals surface area (Å²) in [5.41, 5.74) is -1.85. The van der Waals surface area contributed by atoms with Gasteiger partial charge in [0.1, 0.15) is 22.8 Å². The predicted octanol–water partition coefficient (Wildman–Crippen LogP) is 5.34. The Labute approximate surface area is 173 Å². The summed E-state index contributed by atoms with van der Waals surface area (Å²) in [6.07, 6.45) is 0.757. The Hall–Kier alpha value is -3.88. The SMILES string of the molecule is CCOC(=O)/C(C=Nc1c(O)ccc2ccccc12)=C(/O)c1cc(F)c(F)c(F)c1F. The van der Waals surface area contributed by atoms with Gasteiger partial charge in [0.2, 0.25) is 0 Å². The molecule has 0 heterocycles. The lowest BCUT2D eigenvalue weighted by Crippen LogP contribution is -2.12. The highest BCUT2D eigenvalue weighted by Gasteiger charge is 2.25. The third kappa shape index (κ3) is 4.20. The van der Waals surface area contributed by atoms with Gasteiger partial charge in [-0.15, -0.1) is 0 Å². The Bertz CT molecular complexity index is 1240. The number of rotatable bonds is 5. The van der Waals surface area contributed by atoms with Crippen molar-refractivity contribution in [1.82, 2.24) is 0 Å². The number of esters is 1. The number of hydrogen-bond donors (Lipinski definition) is 2. The summed E-state index contributed by atoms with van der Waals surface area (Å²) >= 11 is 0. The molecule has 0 aliphatic carbocycles. The average molecular weight is 433 g/mol. The molecular formula is C22H15F4NO4. The molecule has 0 fully saturated rings. The standard InChI is InChI=1S/C22H15F4NO4/c1-2-31-22(30)14(21(29)13-9-15(23)18(25)19(26)17(13)24)10-27-20-12-6-4-3-5-11(12)7-8-16(20)28/h3-10,28-29H,2H2,1H3/b21-14+,27-10?. The molecule has 0 saturated carbocycles. The minimum absolute atomic E-state index is 0.0182. The number of phenolic OH excluding ortho intramolecular Hbond substituents is 1. The molecule has 3 aromatic rings. The zero-order valence-electron chi connectivity index (χ0n) is 16.0. The number of phenols is 1. The number of aromatic hydroxyl groups is 1. The van der Waals surface area contributed by atoms with Crippen molar-refractivity contribution in [3.05, 3.63) is 76.9 Å². The number of ether oxygens (including phenoxy) is 1. The number of carbonyl (C=O) groups is 1. The number of hydrogen-bond acceptors (Lipinski definition) is 5. The Morgan fingerprint density at radius 1 is 1.06 bits per heavy atom. The van der Waals surface area contributed by atoms with Crippen molar-refractivity contribution < 1.29 is 37.3 Å². The maximum atomic E-state index is 14.1. The lowest BCUT2D eigenvalue weighted by molar-refractivity contribution is -0.137. The molecule has 3 rings (SSSR count). The van der Waals surface area contributed by atoms with Crippen molar-refractivity contribution in [2.75, 3.05) is 6.61 Å². The van der Waals surface area contributed by atoms with E-state index in [1.165, 1.54) is 13.0 Å². The number of carbonyl (C=O) groups excluding carboxylic acids is 1. The van der Waals surface area contributed by atoms with Gasteiger partial charge in [0.05, 0.1) is 12.2 Å². The minimum Gasteiger partial charge on any atom is -0.506 e. The van der Waals surface area contributed by atoms with Crippen LogP contribution in [0.25, 0.3) is 16.5 Å². The third-order valence-electron chi connectivity index (χ3n) is 4.31. The highest BCUT2D eigenvalue weighted by molar-refractivity contribution is 6.16. The number of aliphatic hydroxyl groups is 1. The van der Waals surface area contributed by atoms with Crippen LogP contribution in [0, 0.1) is 23.3 Å². The zero-order valence-corrected chi connectivity index (χ0v) is 16.0. The van der Waals surface area contributed by atoms with Crippen LogP contribution in [0.1, 0.15) is 12.5 Å². The second-order valence-electron chi connectivity index (χ2n) is 6.24. The van der Waals surface area contributed by atoms with Crippen LogP contribution in [-0.2, 0) is 9.53 Å². The van der Waals surface area contributed by atoms with Gasteiger partial charge in [-0.1, -0.05) is 30.3 Å². The summed E-state index contributed by atoms with van der Waals surface area (Å²) in [6.45, 7) is 1.32. The van der Waals surface area contributed by atoms with Crippen LogP contribution in [0.4, 0.5) is 23.2 Å². The molecule has 0 unspecified atom stereocenters. The first-order valence-electron chi connectivity index (χ1n) is 8.94. The highest BCUT2D eigenvalue weighted by Crippen LogP contribution is 2.35. The van der Waals surface area contributed by atoms with Crippen LogP contribution in [-0.4, -0.2) is 29.0 Å². The summed E-state index contributed by atoms with van der Waals surface area (Å²) in [5, 5.41) is 21.7. The Kier molecular flexibility index (Phi) is 6.24. The molecule has 0 aromatic heterocycles. The molecule has 0 bridgehead atoms. The highest BCUT2D eigenvalue weighted by atomic mass is 19.2. The lowest BCUT2D eigenvalue weighted by atomic mass is 10.1. The fourth-order valence-corrected chi connectivity index (χ4v) is 2.82.